The highest BCUT2D eigenvalue weighted by Gasteiger charge is 2.25. The summed E-state index contributed by atoms with van der Waals surface area (Å²) in [6.07, 6.45) is 4.17. The molecule has 4 rings (SSSR count). The number of aryl methyl sites for hydroxylation is 1. The van der Waals surface area contributed by atoms with E-state index in [-0.39, 0.29) is 17.6 Å². The molecule has 174 valence electrons. The maximum absolute atomic E-state index is 13.1. The number of benzene rings is 1. The van der Waals surface area contributed by atoms with Crippen molar-refractivity contribution in [1.82, 2.24) is 9.47 Å². The highest BCUT2D eigenvalue weighted by Crippen LogP contribution is 2.24. The molecule has 0 spiro atoms. The van der Waals surface area contributed by atoms with Gasteiger partial charge in [0.05, 0.1) is 13.2 Å². The van der Waals surface area contributed by atoms with Crippen LogP contribution in [0.15, 0.2) is 35.9 Å². The third-order valence-corrected chi connectivity index (χ3v) is 6.68. The molecule has 2 fully saturated rings. The van der Waals surface area contributed by atoms with Crippen LogP contribution in [0.1, 0.15) is 29.8 Å². The Morgan fingerprint density at radius 1 is 1.21 bits per heavy atom. The van der Waals surface area contributed by atoms with Crippen molar-refractivity contribution >= 4 is 17.7 Å². The minimum absolute atomic E-state index is 0.185. The number of aromatic nitrogens is 1. The minimum Gasteiger partial charge on any atom is -0.497 e. The number of rotatable bonds is 6. The molecule has 0 radical (unpaired) electrons. The lowest BCUT2D eigenvalue weighted by Gasteiger charge is -2.36. The molecule has 1 aromatic heterocycles. The number of ether oxygens (including phenoxy) is 2. The standard InChI is InChI=1S/C26H32N4O3/c1-19-15-21(20(2)30(19)18-25-5-4-14-33-25)16-22(17-27)26(31)29-12-10-28(11-13-29)23-6-8-24(32-3)9-7-23/h6-9,15-16,25H,4-5,10-14,18H2,1-3H3/b22-16+. The Kier molecular flexibility index (Phi) is 7.05. The van der Waals surface area contributed by atoms with E-state index in [0.29, 0.717) is 13.1 Å². The van der Waals surface area contributed by atoms with Gasteiger partial charge in [-0.05, 0) is 68.7 Å². The molecule has 33 heavy (non-hydrogen) atoms. The molecule has 3 heterocycles. The van der Waals surface area contributed by atoms with Crippen LogP contribution in [0.3, 0.4) is 0 Å². The summed E-state index contributed by atoms with van der Waals surface area (Å²) >= 11 is 0. The Labute approximate surface area is 195 Å². The summed E-state index contributed by atoms with van der Waals surface area (Å²) in [6.45, 7) is 8.37. The number of nitrogens with zero attached hydrogens (tertiary/aromatic N) is 4. The van der Waals surface area contributed by atoms with Gasteiger partial charge in [0.25, 0.3) is 5.91 Å². The van der Waals surface area contributed by atoms with E-state index in [1.165, 1.54) is 0 Å². The molecule has 2 saturated heterocycles. The Morgan fingerprint density at radius 2 is 1.94 bits per heavy atom. The van der Waals surface area contributed by atoms with Crippen LogP contribution in [0.5, 0.6) is 5.75 Å². The summed E-state index contributed by atoms with van der Waals surface area (Å²) < 4.78 is 13.2. The normalized spacial score (nSPS) is 19.0. The van der Waals surface area contributed by atoms with E-state index in [2.05, 4.69) is 28.5 Å². The van der Waals surface area contributed by atoms with Crippen LogP contribution in [-0.4, -0.2) is 61.4 Å². The Balaban J connectivity index is 1.42. The molecule has 2 aliphatic rings. The van der Waals surface area contributed by atoms with E-state index in [1.807, 2.05) is 31.2 Å². The first-order valence-electron chi connectivity index (χ1n) is 11.6. The van der Waals surface area contributed by atoms with Crippen LogP contribution in [-0.2, 0) is 16.1 Å². The van der Waals surface area contributed by atoms with Crippen molar-refractivity contribution < 1.29 is 14.3 Å². The van der Waals surface area contributed by atoms with Gasteiger partial charge in [-0.3, -0.25) is 4.79 Å². The highest BCUT2D eigenvalue weighted by atomic mass is 16.5. The number of hydrogen-bond donors (Lipinski definition) is 0. The molecule has 0 bridgehead atoms. The fourth-order valence-corrected chi connectivity index (χ4v) is 4.68. The summed E-state index contributed by atoms with van der Waals surface area (Å²) in [5, 5.41) is 9.75. The smallest absolute Gasteiger partial charge is 0.264 e. The molecule has 0 saturated carbocycles. The van der Waals surface area contributed by atoms with Crippen LogP contribution < -0.4 is 9.64 Å². The minimum atomic E-state index is -0.198. The van der Waals surface area contributed by atoms with Crippen LogP contribution in [0.2, 0.25) is 0 Å². The monoisotopic (exact) mass is 448 g/mol. The lowest BCUT2D eigenvalue weighted by atomic mass is 10.1. The summed E-state index contributed by atoms with van der Waals surface area (Å²) in [4.78, 5) is 17.1. The summed E-state index contributed by atoms with van der Waals surface area (Å²) in [5.41, 5.74) is 4.40. The van der Waals surface area contributed by atoms with Crippen LogP contribution in [0.25, 0.3) is 6.08 Å². The van der Waals surface area contributed by atoms with Crippen molar-refractivity contribution in [2.24, 2.45) is 0 Å². The third kappa shape index (κ3) is 5.07. The predicted molar refractivity (Wildman–Crippen MR) is 128 cm³/mol. The molecular formula is C26H32N4O3. The first-order chi connectivity index (χ1) is 16.0. The zero-order chi connectivity index (χ0) is 23.4. The van der Waals surface area contributed by atoms with Gasteiger partial charge in [-0.1, -0.05) is 0 Å². The van der Waals surface area contributed by atoms with Gasteiger partial charge in [-0.25, -0.2) is 0 Å². The second kappa shape index (κ2) is 10.1. The average Bonchev–Trinajstić information content (AvgIpc) is 3.46. The van der Waals surface area contributed by atoms with Crippen LogP contribution in [0, 0.1) is 25.2 Å². The fourth-order valence-electron chi connectivity index (χ4n) is 4.68. The lowest BCUT2D eigenvalue weighted by Crippen LogP contribution is -2.49. The highest BCUT2D eigenvalue weighted by molar-refractivity contribution is 6.02. The molecule has 7 heteroatoms. The Hall–Kier alpha value is -3.24. The van der Waals surface area contributed by atoms with E-state index in [0.717, 1.165) is 67.5 Å². The lowest BCUT2D eigenvalue weighted by molar-refractivity contribution is -0.126. The van der Waals surface area contributed by atoms with Crippen molar-refractivity contribution in [3.05, 3.63) is 52.9 Å². The maximum Gasteiger partial charge on any atom is 0.264 e. The molecular weight excluding hydrogens is 416 g/mol. The van der Waals surface area contributed by atoms with Crippen molar-refractivity contribution in [3.63, 3.8) is 0 Å². The number of carbonyl (C=O) groups excluding carboxylic acids is 1. The summed E-state index contributed by atoms with van der Waals surface area (Å²) in [7, 11) is 1.65. The van der Waals surface area contributed by atoms with Crippen molar-refractivity contribution in [1.29, 1.82) is 5.26 Å². The Morgan fingerprint density at radius 3 is 2.55 bits per heavy atom. The van der Waals surface area contributed by atoms with Gasteiger partial charge < -0.3 is 23.8 Å². The number of nitriles is 1. The second-order valence-corrected chi connectivity index (χ2v) is 8.72. The van der Waals surface area contributed by atoms with Gasteiger partial charge in [0.15, 0.2) is 0 Å². The van der Waals surface area contributed by atoms with Gasteiger partial charge in [-0.15, -0.1) is 0 Å². The number of methoxy groups -OCH3 is 1. The van der Waals surface area contributed by atoms with Crippen LogP contribution in [0.4, 0.5) is 5.69 Å². The third-order valence-electron chi connectivity index (χ3n) is 6.68. The summed E-state index contributed by atoms with van der Waals surface area (Å²) in [6, 6.07) is 12.1. The van der Waals surface area contributed by atoms with E-state index in [4.69, 9.17) is 9.47 Å². The quantitative estimate of drug-likeness (QED) is 0.499. The second-order valence-electron chi connectivity index (χ2n) is 8.72. The molecule has 2 aromatic rings. The molecule has 1 amide bonds. The molecule has 2 aliphatic heterocycles. The average molecular weight is 449 g/mol. The van der Waals surface area contributed by atoms with Gasteiger partial charge >= 0.3 is 0 Å². The SMILES string of the molecule is COc1ccc(N2CCN(C(=O)/C(C#N)=C/c3cc(C)n(CC4CCCO4)c3C)CC2)cc1. The van der Waals surface area contributed by atoms with E-state index < -0.39 is 0 Å². The first-order valence-corrected chi connectivity index (χ1v) is 11.6. The number of hydrogen-bond acceptors (Lipinski definition) is 5. The number of anilines is 1. The van der Waals surface area contributed by atoms with Gasteiger partial charge in [0, 0.05) is 56.4 Å². The number of piperazine rings is 1. The van der Waals surface area contributed by atoms with Crippen molar-refractivity contribution in [2.75, 3.05) is 44.8 Å². The van der Waals surface area contributed by atoms with Crippen molar-refractivity contribution in [2.45, 2.75) is 39.3 Å². The predicted octanol–water partition coefficient (Wildman–Crippen LogP) is 3.55. The zero-order valence-corrected chi connectivity index (χ0v) is 19.7. The van der Waals surface area contributed by atoms with Gasteiger partial charge in [0.1, 0.15) is 17.4 Å². The zero-order valence-electron chi connectivity index (χ0n) is 19.7. The van der Waals surface area contributed by atoms with Gasteiger partial charge in [-0.2, -0.15) is 5.26 Å². The molecule has 1 aromatic carbocycles. The van der Waals surface area contributed by atoms with E-state index in [1.54, 1.807) is 18.1 Å². The topological polar surface area (TPSA) is 70.7 Å². The molecule has 1 unspecified atom stereocenters. The van der Waals surface area contributed by atoms with Crippen molar-refractivity contribution in [3.8, 4) is 11.8 Å². The van der Waals surface area contributed by atoms with Gasteiger partial charge in [0.2, 0.25) is 0 Å². The molecule has 0 aliphatic carbocycles. The van der Waals surface area contributed by atoms with E-state index in [9.17, 15) is 10.1 Å². The fraction of sp³-hybridized carbons (Fsp3) is 0.462. The largest absolute Gasteiger partial charge is 0.497 e. The molecule has 7 nitrogen and oxygen atoms in total. The summed E-state index contributed by atoms with van der Waals surface area (Å²) in [5.74, 6) is 0.627. The maximum atomic E-state index is 13.1. The molecule has 0 N–H and O–H groups in total. The first kappa shape index (κ1) is 22.9. The number of amides is 1. The number of carbonyl (C=O) groups is 1. The molecule has 1 atom stereocenters. The van der Waals surface area contributed by atoms with E-state index >= 15 is 0 Å². The Bertz CT molecular complexity index is 1050. The van der Waals surface area contributed by atoms with Crippen LogP contribution >= 0.6 is 0 Å².